The van der Waals surface area contributed by atoms with Gasteiger partial charge < -0.3 is 9.73 Å². The zero-order chi connectivity index (χ0) is 18.2. The SMILES string of the molecule is O=S(=O)(CCCc1ccccc1)Nc1ccc(NCc2ccco2)nc1. The summed E-state index contributed by atoms with van der Waals surface area (Å²) >= 11 is 0. The van der Waals surface area contributed by atoms with Crippen molar-refractivity contribution >= 4 is 21.5 Å². The molecule has 0 amide bonds. The summed E-state index contributed by atoms with van der Waals surface area (Å²) in [4.78, 5) is 4.21. The molecule has 3 rings (SSSR count). The van der Waals surface area contributed by atoms with Crippen LogP contribution in [-0.4, -0.2) is 19.2 Å². The number of nitrogens with one attached hydrogen (secondary N) is 2. The van der Waals surface area contributed by atoms with Crippen LogP contribution in [0.25, 0.3) is 0 Å². The predicted molar refractivity (Wildman–Crippen MR) is 102 cm³/mol. The lowest BCUT2D eigenvalue weighted by Gasteiger charge is -2.09. The molecule has 136 valence electrons. The lowest BCUT2D eigenvalue weighted by Crippen LogP contribution is -2.17. The number of anilines is 2. The van der Waals surface area contributed by atoms with Gasteiger partial charge in [0.1, 0.15) is 11.6 Å². The van der Waals surface area contributed by atoms with Gasteiger partial charge in [-0.3, -0.25) is 4.72 Å². The van der Waals surface area contributed by atoms with Crippen LogP contribution in [0, 0.1) is 0 Å². The van der Waals surface area contributed by atoms with Crippen molar-refractivity contribution in [1.82, 2.24) is 4.98 Å². The van der Waals surface area contributed by atoms with Crippen molar-refractivity contribution in [3.63, 3.8) is 0 Å². The Hall–Kier alpha value is -2.80. The Morgan fingerprint density at radius 2 is 1.85 bits per heavy atom. The number of pyridine rings is 1. The van der Waals surface area contributed by atoms with Crippen LogP contribution in [0.2, 0.25) is 0 Å². The van der Waals surface area contributed by atoms with Crippen LogP contribution < -0.4 is 10.0 Å². The van der Waals surface area contributed by atoms with E-state index in [0.717, 1.165) is 17.7 Å². The highest BCUT2D eigenvalue weighted by molar-refractivity contribution is 7.92. The van der Waals surface area contributed by atoms with Gasteiger partial charge in [0.25, 0.3) is 0 Å². The summed E-state index contributed by atoms with van der Waals surface area (Å²) in [6.07, 6.45) is 4.41. The van der Waals surface area contributed by atoms with Crippen LogP contribution in [0.4, 0.5) is 11.5 Å². The van der Waals surface area contributed by atoms with Gasteiger partial charge in [-0.05, 0) is 42.7 Å². The van der Waals surface area contributed by atoms with E-state index in [1.54, 1.807) is 18.4 Å². The molecule has 0 aliphatic rings. The summed E-state index contributed by atoms with van der Waals surface area (Å²) in [5, 5.41) is 3.11. The number of sulfonamides is 1. The number of aryl methyl sites for hydroxylation is 1. The number of furan rings is 1. The van der Waals surface area contributed by atoms with Crippen molar-refractivity contribution in [2.75, 3.05) is 15.8 Å². The van der Waals surface area contributed by atoms with E-state index >= 15 is 0 Å². The van der Waals surface area contributed by atoms with Crippen LogP contribution >= 0.6 is 0 Å². The zero-order valence-electron chi connectivity index (χ0n) is 14.3. The van der Waals surface area contributed by atoms with Gasteiger partial charge in [0, 0.05) is 0 Å². The molecule has 7 heteroatoms. The van der Waals surface area contributed by atoms with Crippen LogP contribution in [0.3, 0.4) is 0 Å². The second-order valence-corrected chi connectivity index (χ2v) is 7.72. The van der Waals surface area contributed by atoms with Crippen molar-refractivity contribution in [3.8, 4) is 0 Å². The molecule has 0 saturated heterocycles. The molecule has 6 nitrogen and oxygen atoms in total. The van der Waals surface area contributed by atoms with E-state index in [1.807, 2.05) is 42.5 Å². The molecule has 0 unspecified atom stereocenters. The van der Waals surface area contributed by atoms with Crippen molar-refractivity contribution in [2.24, 2.45) is 0 Å². The molecule has 2 N–H and O–H groups in total. The van der Waals surface area contributed by atoms with E-state index < -0.39 is 10.0 Å². The first kappa shape index (κ1) is 18.0. The molecule has 0 radical (unpaired) electrons. The standard InChI is InChI=1S/C19H21N3O3S/c23-26(24,13-5-8-16-6-2-1-3-7-16)22-17-10-11-19(20-14-17)21-15-18-9-4-12-25-18/h1-4,6-7,9-12,14,22H,5,8,13,15H2,(H,20,21). The minimum Gasteiger partial charge on any atom is -0.467 e. The largest absolute Gasteiger partial charge is 0.467 e. The van der Waals surface area contributed by atoms with E-state index in [4.69, 9.17) is 4.42 Å². The predicted octanol–water partition coefficient (Wildman–Crippen LogP) is 3.66. The molecule has 0 fully saturated rings. The van der Waals surface area contributed by atoms with Crippen molar-refractivity contribution in [3.05, 3.63) is 78.4 Å². The Labute approximate surface area is 153 Å². The number of rotatable bonds is 9. The number of hydrogen-bond acceptors (Lipinski definition) is 5. The Bertz CT molecular complexity index is 893. The van der Waals surface area contributed by atoms with Gasteiger partial charge in [0.05, 0.1) is 30.4 Å². The molecule has 0 aliphatic heterocycles. The van der Waals surface area contributed by atoms with E-state index in [-0.39, 0.29) is 5.75 Å². The summed E-state index contributed by atoms with van der Waals surface area (Å²) in [7, 11) is -3.39. The molecule has 1 aromatic carbocycles. The van der Waals surface area contributed by atoms with E-state index in [1.165, 1.54) is 6.20 Å². The summed E-state index contributed by atoms with van der Waals surface area (Å²) < 4.78 is 32.2. The fourth-order valence-electron chi connectivity index (χ4n) is 2.49. The number of nitrogens with zero attached hydrogens (tertiary/aromatic N) is 1. The highest BCUT2D eigenvalue weighted by Gasteiger charge is 2.10. The van der Waals surface area contributed by atoms with Gasteiger partial charge in [0.2, 0.25) is 10.0 Å². The van der Waals surface area contributed by atoms with E-state index in [2.05, 4.69) is 15.0 Å². The maximum absolute atomic E-state index is 12.2. The lowest BCUT2D eigenvalue weighted by molar-refractivity contribution is 0.518. The second-order valence-electron chi connectivity index (χ2n) is 5.88. The topological polar surface area (TPSA) is 84.2 Å². The number of benzene rings is 1. The molecule has 0 atom stereocenters. The van der Waals surface area contributed by atoms with Gasteiger partial charge in [-0.1, -0.05) is 30.3 Å². The number of aromatic nitrogens is 1. The summed E-state index contributed by atoms with van der Waals surface area (Å²) in [5.74, 6) is 1.52. The molecule has 0 bridgehead atoms. The second kappa shape index (κ2) is 8.53. The third-order valence-corrected chi connectivity index (χ3v) is 5.15. The van der Waals surface area contributed by atoms with Gasteiger partial charge >= 0.3 is 0 Å². The fraction of sp³-hybridized carbons (Fsp3) is 0.211. The third-order valence-electron chi connectivity index (χ3n) is 3.78. The van der Waals surface area contributed by atoms with Gasteiger partial charge in [-0.15, -0.1) is 0 Å². The Morgan fingerprint density at radius 3 is 2.54 bits per heavy atom. The molecular formula is C19H21N3O3S. The average Bonchev–Trinajstić information content (AvgIpc) is 3.15. The Morgan fingerprint density at radius 1 is 1.00 bits per heavy atom. The monoisotopic (exact) mass is 371 g/mol. The van der Waals surface area contributed by atoms with Crippen LogP contribution in [0.15, 0.2) is 71.5 Å². The normalized spacial score (nSPS) is 11.2. The minimum absolute atomic E-state index is 0.0698. The molecule has 0 spiro atoms. The van der Waals surface area contributed by atoms with Crippen molar-refractivity contribution in [1.29, 1.82) is 0 Å². The van der Waals surface area contributed by atoms with Crippen molar-refractivity contribution < 1.29 is 12.8 Å². The van der Waals surface area contributed by atoms with Gasteiger partial charge in [-0.25, -0.2) is 13.4 Å². The molecular weight excluding hydrogens is 350 g/mol. The van der Waals surface area contributed by atoms with E-state index in [9.17, 15) is 8.42 Å². The molecule has 2 heterocycles. The van der Waals surface area contributed by atoms with Crippen molar-refractivity contribution in [2.45, 2.75) is 19.4 Å². The lowest BCUT2D eigenvalue weighted by atomic mass is 10.1. The zero-order valence-corrected chi connectivity index (χ0v) is 15.1. The van der Waals surface area contributed by atoms with Gasteiger partial charge in [0.15, 0.2) is 0 Å². The maximum Gasteiger partial charge on any atom is 0.232 e. The van der Waals surface area contributed by atoms with Gasteiger partial charge in [-0.2, -0.15) is 0 Å². The maximum atomic E-state index is 12.2. The highest BCUT2D eigenvalue weighted by Crippen LogP contribution is 2.13. The van der Waals surface area contributed by atoms with Crippen LogP contribution in [0.5, 0.6) is 0 Å². The van der Waals surface area contributed by atoms with Crippen LogP contribution in [-0.2, 0) is 23.0 Å². The Kier molecular flexibility index (Phi) is 5.91. The number of hydrogen-bond donors (Lipinski definition) is 2. The molecule has 2 aromatic heterocycles. The summed E-state index contributed by atoms with van der Waals surface area (Å²) in [6.45, 7) is 0.518. The summed E-state index contributed by atoms with van der Waals surface area (Å²) in [6, 6.07) is 16.9. The fourth-order valence-corrected chi connectivity index (χ4v) is 3.60. The first-order valence-electron chi connectivity index (χ1n) is 8.37. The average molecular weight is 371 g/mol. The Balaban J connectivity index is 1.47. The smallest absolute Gasteiger partial charge is 0.232 e. The first-order valence-corrected chi connectivity index (χ1v) is 10.0. The first-order chi connectivity index (χ1) is 12.6. The molecule has 3 aromatic rings. The molecule has 26 heavy (non-hydrogen) atoms. The molecule has 0 aliphatic carbocycles. The highest BCUT2D eigenvalue weighted by atomic mass is 32.2. The summed E-state index contributed by atoms with van der Waals surface area (Å²) in [5.41, 5.74) is 1.59. The van der Waals surface area contributed by atoms with Crippen LogP contribution in [0.1, 0.15) is 17.7 Å². The molecule has 0 saturated carbocycles. The quantitative estimate of drug-likeness (QED) is 0.600. The minimum atomic E-state index is -3.39. The third kappa shape index (κ3) is 5.63. The van der Waals surface area contributed by atoms with E-state index in [0.29, 0.717) is 24.5 Å².